The van der Waals surface area contributed by atoms with Gasteiger partial charge in [-0.3, -0.25) is 9.78 Å². The van der Waals surface area contributed by atoms with Crippen molar-refractivity contribution in [2.24, 2.45) is 0 Å². The van der Waals surface area contributed by atoms with Crippen LogP contribution in [-0.4, -0.2) is 36.8 Å². The maximum Gasteiger partial charge on any atom is 0.321 e. The predicted octanol–water partition coefficient (Wildman–Crippen LogP) is 2.28. The number of carbonyl (C=O) groups excluding carboxylic acids is 1. The summed E-state index contributed by atoms with van der Waals surface area (Å²) in [5, 5.41) is 0. The number of carbonyl (C=O) groups is 1. The second-order valence-corrected chi connectivity index (χ2v) is 7.22. The van der Waals surface area contributed by atoms with Gasteiger partial charge < -0.3 is 4.74 Å². The van der Waals surface area contributed by atoms with Gasteiger partial charge in [0.1, 0.15) is 12.4 Å². The molecule has 0 spiro atoms. The van der Waals surface area contributed by atoms with Crippen LogP contribution in [0.1, 0.15) is 18.2 Å². The average molecular weight is 366 g/mol. The molecule has 0 aliphatic rings. The molecule has 0 amide bonds. The van der Waals surface area contributed by atoms with Gasteiger partial charge in [0.2, 0.25) is 10.0 Å². The fourth-order valence-electron chi connectivity index (χ4n) is 2.24. The average Bonchev–Trinajstić information content (AvgIpc) is 2.57. The van der Waals surface area contributed by atoms with Crippen LogP contribution in [-0.2, 0) is 26.1 Å². The lowest BCUT2D eigenvalue weighted by atomic mass is 10.2. The minimum absolute atomic E-state index is 0.127. The van der Waals surface area contributed by atoms with Gasteiger partial charge in [-0.25, -0.2) is 12.8 Å². The topological polar surface area (TPSA) is 76.6 Å². The summed E-state index contributed by atoms with van der Waals surface area (Å²) >= 11 is 0. The van der Waals surface area contributed by atoms with E-state index in [9.17, 15) is 17.6 Å². The first-order valence-corrected chi connectivity index (χ1v) is 9.10. The summed E-state index contributed by atoms with van der Waals surface area (Å²) in [6, 6.07) is 8.57. The van der Waals surface area contributed by atoms with Crippen molar-refractivity contribution in [2.45, 2.75) is 25.3 Å². The Morgan fingerprint density at radius 1 is 1.28 bits per heavy atom. The number of esters is 1. The van der Waals surface area contributed by atoms with Gasteiger partial charge in [0, 0.05) is 6.20 Å². The second-order valence-electron chi connectivity index (χ2n) is 5.31. The van der Waals surface area contributed by atoms with E-state index < -0.39 is 28.4 Å². The summed E-state index contributed by atoms with van der Waals surface area (Å²) in [7, 11) is -4.11. The lowest BCUT2D eigenvalue weighted by molar-refractivity contribution is -0.143. The summed E-state index contributed by atoms with van der Waals surface area (Å²) < 4.78 is 45.3. The first-order valence-electron chi connectivity index (χ1n) is 7.66. The summed E-state index contributed by atoms with van der Waals surface area (Å²) in [5.74, 6) is -1.35. The summed E-state index contributed by atoms with van der Waals surface area (Å²) in [6.45, 7) is 2.72. The zero-order valence-corrected chi connectivity index (χ0v) is 14.8. The Bertz CT molecular complexity index is 841. The molecule has 6 nitrogen and oxygen atoms in total. The summed E-state index contributed by atoms with van der Waals surface area (Å²) in [4.78, 5) is 15.8. The SMILES string of the molecule is CCOC(=O)CN(Cc1ccccn1)S(=O)(=O)c1cc(F)ccc1C. The molecule has 0 bridgehead atoms. The van der Waals surface area contributed by atoms with Crippen molar-refractivity contribution in [3.05, 3.63) is 59.7 Å². The number of aromatic nitrogens is 1. The van der Waals surface area contributed by atoms with Gasteiger partial charge in [0.05, 0.1) is 23.7 Å². The molecule has 0 saturated heterocycles. The van der Waals surface area contributed by atoms with Crippen LogP contribution in [0.3, 0.4) is 0 Å². The van der Waals surface area contributed by atoms with Crippen LogP contribution in [0.15, 0.2) is 47.5 Å². The van der Waals surface area contributed by atoms with E-state index in [1.54, 1.807) is 32.0 Å². The van der Waals surface area contributed by atoms with Gasteiger partial charge in [0.15, 0.2) is 0 Å². The molecule has 0 N–H and O–H groups in total. The lowest BCUT2D eigenvalue weighted by Gasteiger charge is -2.22. The Kier molecular flexibility index (Phi) is 6.22. The van der Waals surface area contributed by atoms with E-state index in [2.05, 4.69) is 4.98 Å². The number of sulfonamides is 1. The molecule has 1 aromatic heterocycles. The maximum absolute atomic E-state index is 13.6. The van der Waals surface area contributed by atoms with Crippen LogP contribution in [0.25, 0.3) is 0 Å². The Morgan fingerprint density at radius 3 is 2.68 bits per heavy atom. The van der Waals surface area contributed by atoms with Crippen LogP contribution in [0, 0.1) is 12.7 Å². The third kappa shape index (κ3) is 4.83. The number of rotatable bonds is 7. The van der Waals surface area contributed by atoms with E-state index in [4.69, 9.17) is 4.74 Å². The molecule has 8 heteroatoms. The van der Waals surface area contributed by atoms with E-state index in [0.29, 0.717) is 11.3 Å². The highest BCUT2D eigenvalue weighted by atomic mass is 32.2. The Hall–Kier alpha value is -2.32. The highest BCUT2D eigenvalue weighted by molar-refractivity contribution is 7.89. The van der Waals surface area contributed by atoms with E-state index in [-0.39, 0.29) is 18.0 Å². The van der Waals surface area contributed by atoms with Crippen LogP contribution in [0.5, 0.6) is 0 Å². The monoisotopic (exact) mass is 366 g/mol. The molecule has 2 aromatic rings. The molecule has 0 aliphatic heterocycles. The van der Waals surface area contributed by atoms with Crippen LogP contribution >= 0.6 is 0 Å². The van der Waals surface area contributed by atoms with Crippen molar-refractivity contribution in [1.82, 2.24) is 9.29 Å². The van der Waals surface area contributed by atoms with Gasteiger partial charge in [-0.2, -0.15) is 4.31 Å². The molecule has 0 atom stereocenters. The van der Waals surface area contributed by atoms with Crippen LogP contribution in [0.4, 0.5) is 4.39 Å². The standard InChI is InChI=1S/C17H19FN2O4S/c1-3-24-17(21)12-20(11-15-6-4-5-9-19-15)25(22,23)16-10-14(18)8-7-13(16)2/h4-10H,3,11-12H2,1-2H3. The molecule has 0 radical (unpaired) electrons. The largest absolute Gasteiger partial charge is 0.465 e. The number of hydrogen-bond acceptors (Lipinski definition) is 5. The van der Waals surface area contributed by atoms with Gasteiger partial charge in [-0.05, 0) is 43.7 Å². The number of ether oxygens (including phenoxy) is 1. The lowest BCUT2D eigenvalue weighted by Crippen LogP contribution is -2.36. The number of pyridine rings is 1. The Labute approximate surface area is 146 Å². The minimum atomic E-state index is -4.11. The second kappa shape index (κ2) is 8.17. The van der Waals surface area contributed by atoms with E-state index in [0.717, 1.165) is 10.4 Å². The molecule has 0 fully saturated rings. The van der Waals surface area contributed by atoms with Crippen molar-refractivity contribution >= 4 is 16.0 Å². The third-order valence-electron chi connectivity index (χ3n) is 3.44. The zero-order chi connectivity index (χ0) is 18.4. The molecule has 0 aliphatic carbocycles. The zero-order valence-electron chi connectivity index (χ0n) is 14.0. The molecule has 1 heterocycles. The van der Waals surface area contributed by atoms with Crippen molar-refractivity contribution in [3.8, 4) is 0 Å². The minimum Gasteiger partial charge on any atom is -0.465 e. The molecule has 1 aromatic carbocycles. The van der Waals surface area contributed by atoms with Gasteiger partial charge >= 0.3 is 5.97 Å². The molecule has 0 unspecified atom stereocenters. The van der Waals surface area contributed by atoms with E-state index in [1.165, 1.54) is 18.3 Å². The van der Waals surface area contributed by atoms with Crippen LogP contribution < -0.4 is 0 Å². The number of nitrogens with zero attached hydrogens (tertiary/aromatic N) is 2. The van der Waals surface area contributed by atoms with Crippen molar-refractivity contribution in [2.75, 3.05) is 13.2 Å². The molecule has 25 heavy (non-hydrogen) atoms. The van der Waals surface area contributed by atoms with Gasteiger partial charge in [-0.1, -0.05) is 12.1 Å². The molecular weight excluding hydrogens is 347 g/mol. The third-order valence-corrected chi connectivity index (χ3v) is 5.38. The first kappa shape index (κ1) is 19.0. The Balaban J connectivity index is 2.41. The number of hydrogen-bond donors (Lipinski definition) is 0. The number of halogens is 1. The number of aryl methyl sites for hydroxylation is 1. The first-order chi connectivity index (χ1) is 11.8. The summed E-state index contributed by atoms with van der Waals surface area (Å²) in [6.07, 6.45) is 1.53. The molecule has 134 valence electrons. The molecule has 2 rings (SSSR count). The van der Waals surface area contributed by atoms with Crippen molar-refractivity contribution < 1.29 is 22.3 Å². The predicted molar refractivity (Wildman–Crippen MR) is 89.6 cm³/mol. The van der Waals surface area contributed by atoms with Crippen molar-refractivity contribution in [3.63, 3.8) is 0 Å². The van der Waals surface area contributed by atoms with Crippen molar-refractivity contribution in [1.29, 1.82) is 0 Å². The number of benzene rings is 1. The smallest absolute Gasteiger partial charge is 0.321 e. The fourth-order valence-corrected chi connectivity index (χ4v) is 3.83. The quantitative estimate of drug-likeness (QED) is 0.703. The fraction of sp³-hybridized carbons (Fsp3) is 0.294. The molecular formula is C17H19FN2O4S. The van der Waals surface area contributed by atoms with Crippen LogP contribution in [0.2, 0.25) is 0 Å². The van der Waals surface area contributed by atoms with Gasteiger partial charge in [0.25, 0.3) is 0 Å². The van der Waals surface area contributed by atoms with Gasteiger partial charge in [-0.15, -0.1) is 0 Å². The Morgan fingerprint density at radius 2 is 2.04 bits per heavy atom. The normalized spacial score (nSPS) is 11.5. The maximum atomic E-state index is 13.6. The summed E-state index contributed by atoms with van der Waals surface area (Å²) in [5.41, 5.74) is 0.848. The highest BCUT2D eigenvalue weighted by Crippen LogP contribution is 2.22. The molecule has 0 saturated carbocycles. The van der Waals surface area contributed by atoms with E-state index >= 15 is 0 Å². The highest BCUT2D eigenvalue weighted by Gasteiger charge is 2.29. The van der Waals surface area contributed by atoms with E-state index in [1.807, 2.05) is 0 Å².